The molecule has 2 heterocycles. The molecule has 0 spiro atoms. The lowest BCUT2D eigenvalue weighted by Crippen LogP contribution is -2.00. The Hall–Kier alpha value is -1.65. The fourth-order valence-electron chi connectivity index (χ4n) is 1.33. The molecule has 2 rings (SSSR count). The zero-order valence-electron chi connectivity index (χ0n) is 9.25. The van der Waals surface area contributed by atoms with E-state index in [2.05, 4.69) is 29.3 Å². The molecule has 0 amide bonds. The smallest absolute Gasteiger partial charge is 0.133 e. The van der Waals surface area contributed by atoms with E-state index in [-0.39, 0.29) is 0 Å². The van der Waals surface area contributed by atoms with E-state index in [9.17, 15) is 0 Å². The highest BCUT2D eigenvalue weighted by atomic mass is 15.4. The molecule has 0 saturated heterocycles. The molecule has 0 aliphatic rings. The van der Waals surface area contributed by atoms with Crippen molar-refractivity contribution in [3.8, 4) is 11.4 Å². The van der Waals surface area contributed by atoms with Crippen molar-refractivity contribution >= 4 is 0 Å². The normalized spacial score (nSPS) is 11.2. The van der Waals surface area contributed by atoms with Crippen molar-refractivity contribution in [1.29, 1.82) is 0 Å². The van der Waals surface area contributed by atoms with Gasteiger partial charge in [0.25, 0.3) is 0 Å². The molecule has 0 radical (unpaired) electrons. The molecule has 0 aliphatic carbocycles. The van der Waals surface area contributed by atoms with Crippen molar-refractivity contribution in [3.63, 3.8) is 0 Å². The van der Waals surface area contributed by atoms with E-state index in [0.717, 1.165) is 17.9 Å². The Balaban J connectivity index is 2.28. The van der Waals surface area contributed by atoms with E-state index >= 15 is 0 Å². The van der Waals surface area contributed by atoms with Gasteiger partial charge in [0.2, 0.25) is 0 Å². The Labute approximate surface area is 88.7 Å². The molecule has 0 atom stereocenters. The van der Waals surface area contributed by atoms with Gasteiger partial charge in [0, 0.05) is 18.8 Å². The molecule has 0 fully saturated rings. The van der Waals surface area contributed by atoms with E-state index in [0.29, 0.717) is 6.04 Å². The van der Waals surface area contributed by atoms with Gasteiger partial charge in [-0.1, -0.05) is 5.21 Å². The molecule has 5 heteroatoms. The molecule has 0 N–H and O–H groups in total. The summed E-state index contributed by atoms with van der Waals surface area (Å²) in [6, 6.07) is 2.34. The van der Waals surface area contributed by atoms with Crippen LogP contribution in [0.15, 0.2) is 18.5 Å². The second-order valence-corrected chi connectivity index (χ2v) is 3.73. The lowest BCUT2D eigenvalue weighted by Gasteiger charge is -2.02. The monoisotopic (exact) mass is 205 g/mol. The highest BCUT2D eigenvalue weighted by Gasteiger charge is 2.07. The molecular formula is C10H15N5. The SMILES string of the molecule is CCn1cc(-c2ccn(C(C)C)n2)nn1. The van der Waals surface area contributed by atoms with E-state index in [1.54, 1.807) is 4.68 Å². The number of aryl methyl sites for hydroxylation is 1. The first kappa shape index (κ1) is 9.89. The Morgan fingerprint density at radius 3 is 2.67 bits per heavy atom. The van der Waals surface area contributed by atoms with Gasteiger partial charge in [-0.15, -0.1) is 5.10 Å². The van der Waals surface area contributed by atoms with Crippen molar-refractivity contribution in [2.45, 2.75) is 33.4 Å². The fraction of sp³-hybridized carbons (Fsp3) is 0.500. The number of hydrogen-bond donors (Lipinski definition) is 0. The largest absolute Gasteiger partial charge is 0.270 e. The van der Waals surface area contributed by atoms with E-state index in [1.807, 2.05) is 30.1 Å². The summed E-state index contributed by atoms with van der Waals surface area (Å²) < 4.78 is 3.71. The first-order valence-corrected chi connectivity index (χ1v) is 5.16. The maximum atomic E-state index is 4.43. The third kappa shape index (κ3) is 1.91. The van der Waals surface area contributed by atoms with Gasteiger partial charge in [-0.2, -0.15) is 5.10 Å². The average molecular weight is 205 g/mol. The third-order valence-electron chi connectivity index (χ3n) is 2.26. The van der Waals surface area contributed by atoms with Crippen LogP contribution in [0.5, 0.6) is 0 Å². The van der Waals surface area contributed by atoms with Crippen LogP contribution in [0, 0.1) is 0 Å². The zero-order valence-corrected chi connectivity index (χ0v) is 9.25. The van der Waals surface area contributed by atoms with Crippen molar-refractivity contribution in [3.05, 3.63) is 18.5 Å². The molecule has 5 nitrogen and oxygen atoms in total. The predicted molar refractivity (Wildman–Crippen MR) is 57.3 cm³/mol. The van der Waals surface area contributed by atoms with Crippen molar-refractivity contribution in [2.75, 3.05) is 0 Å². The number of rotatable bonds is 3. The Morgan fingerprint density at radius 1 is 1.33 bits per heavy atom. The van der Waals surface area contributed by atoms with Crippen LogP contribution < -0.4 is 0 Å². The quantitative estimate of drug-likeness (QED) is 0.766. The molecule has 80 valence electrons. The van der Waals surface area contributed by atoms with E-state index in [4.69, 9.17) is 0 Å². The summed E-state index contributed by atoms with van der Waals surface area (Å²) in [5.41, 5.74) is 1.71. The van der Waals surface area contributed by atoms with Crippen molar-refractivity contribution in [1.82, 2.24) is 24.8 Å². The highest BCUT2D eigenvalue weighted by molar-refractivity contribution is 5.51. The zero-order chi connectivity index (χ0) is 10.8. The first-order valence-electron chi connectivity index (χ1n) is 5.16. The molecule has 0 saturated carbocycles. The topological polar surface area (TPSA) is 48.5 Å². The lowest BCUT2D eigenvalue weighted by molar-refractivity contribution is 0.534. The summed E-state index contributed by atoms with van der Waals surface area (Å²) >= 11 is 0. The van der Waals surface area contributed by atoms with Gasteiger partial charge < -0.3 is 0 Å². The van der Waals surface area contributed by atoms with Gasteiger partial charge in [0.15, 0.2) is 0 Å². The third-order valence-corrected chi connectivity index (χ3v) is 2.26. The van der Waals surface area contributed by atoms with Gasteiger partial charge >= 0.3 is 0 Å². The van der Waals surface area contributed by atoms with E-state index in [1.165, 1.54) is 0 Å². The van der Waals surface area contributed by atoms with Crippen molar-refractivity contribution in [2.24, 2.45) is 0 Å². The molecule has 0 unspecified atom stereocenters. The second-order valence-electron chi connectivity index (χ2n) is 3.73. The Bertz CT molecular complexity index is 440. The number of hydrogen-bond acceptors (Lipinski definition) is 3. The predicted octanol–water partition coefficient (Wildman–Crippen LogP) is 1.74. The van der Waals surface area contributed by atoms with Gasteiger partial charge in [0.1, 0.15) is 11.4 Å². The van der Waals surface area contributed by atoms with Gasteiger partial charge in [-0.25, -0.2) is 0 Å². The average Bonchev–Trinajstić information content (AvgIpc) is 2.86. The minimum Gasteiger partial charge on any atom is -0.270 e. The van der Waals surface area contributed by atoms with Crippen molar-refractivity contribution < 1.29 is 0 Å². The summed E-state index contributed by atoms with van der Waals surface area (Å²) in [5, 5.41) is 12.5. The van der Waals surface area contributed by atoms with Crippen LogP contribution in [0.25, 0.3) is 11.4 Å². The van der Waals surface area contributed by atoms with Crippen LogP contribution in [0.2, 0.25) is 0 Å². The molecular weight excluding hydrogens is 190 g/mol. The highest BCUT2D eigenvalue weighted by Crippen LogP contribution is 2.14. The van der Waals surface area contributed by atoms with Crippen LogP contribution in [-0.4, -0.2) is 24.8 Å². The molecule has 0 bridgehead atoms. The fourth-order valence-corrected chi connectivity index (χ4v) is 1.33. The van der Waals surface area contributed by atoms with Crippen LogP contribution in [0.3, 0.4) is 0 Å². The molecule has 2 aromatic heterocycles. The molecule has 0 aliphatic heterocycles. The molecule has 15 heavy (non-hydrogen) atoms. The van der Waals surface area contributed by atoms with Gasteiger partial charge in [-0.05, 0) is 26.8 Å². The van der Waals surface area contributed by atoms with Crippen LogP contribution >= 0.6 is 0 Å². The maximum Gasteiger partial charge on any atom is 0.133 e. The summed E-state index contributed by atoms with van der Waals surface area (Å²) in [6.45, 7) is 7.06. The lowest BCUT2D eigenvalue weighted by atomic mass is 10.3. The summed E-state index contributed by atoms with van der Waals surface area (Å²) in [4.78, 5) is 0. The number of nitrogens with zero attached hydrogens (tertiary/aromatic N) is 5. The first-order chi connectivity index (χ1) is 7.20. The van der Waals surface area contributed by atoms with Crippen LogP contribution in [0.4, 0.5) is 0 Å². The Kier molecular flexibility index (Phi) is 2.53. The maximum absolute atomic E-state index is 4.43. The minimum absolute atomic E-state index is 0.375. The number of aromatic nitrogens is 5. The van der Waals surface area contributed by atoms with Gasteiger partial charge in [-0.3, -0.25) is 9.36 Å². The standard InChI is InChI=1S/C10H15N5/c1-4-14-7-10(11-13-14)9-5-6-15(12-9)8(2)3/h5-8H,4H2,1-3H3. The van der Waals surface area contributed by atoms with E-state index < -0.39 is 0 Å². The minimum atomic E-state index is 0.375. The summed E-state index contributed by atoms with van der Waals surface area (Å²) in [6.07, 6.45) is 3.87. The molecule has 0 aromatic carbocycles. The van der Waals surface area contributed by atoms with Crippen LogP contribution in [-0.2, 0) is 6.54 Å². The molecule has 2 aromatic rings. The summed E-state index contributed by atoms with van der Waals surface area (Å²) in [7, 11) is 0. The second kappa shape index (κ2) is 3.84. The Morgan fingerprint density at radius 2 is 2.13 bits per heavy atom. The van der Waals surface area contributed by atoms with Gasteiger partial charge in [0.05, 0.1) is 6.20 Å². The van der Waals surface area contributed by atoms with Crippen LogP contribution in [0.1, 0.15) is 26.8 Å². The summed E-state index contributed by atoms with van der Waals surface area (Å²) in [5.74, 6) is 0.